The molecule has 6 heteroatoms. The van der Waals surface area contributed by atoms with E-state index in [1.807, 2.05) is 24.4 Å². The van der Waals surface area contributed by atoms with E-state index in [1.165, 1.54) is 11.3 Å². The molecule has 1 fully saturated rings. The van der Waals surface area contributed by atoms with E-state index in [0.717, 1.165) is 55.1 Å². The maximum atomic E-state index is 4.93. The fourth-order valence-electron chi connectivity index (χ4n) is 4.44. The van der Waals surface area contributed by atoms with Gasteiger partial charge in [0.25, 0.3) is 0 Å². The van der Waals surface area contributed by atoms with E-state index < -0.39 is 0 Å². The molecule has 2 atom stereocenters. The number of hydrogen-bond donors (Lipinski definition) is 0. The minimum atomic E-state index is 0.302. The van der Waals surface area contributed by atoms with Crippen molar-refractivity contribution in [3.63, 3.8) is 0 Å². The second-order valence-corrected chi connectivity index (χ2v) is 7.51. The predicted molar refractivity (Wildman–Crippen MR) is 108 cm³/mol. The van der Waals surface area contributed by atoms with Crippen LogP contribution in [0.3, 0.4) is 0 Å². The highest BCUT2D eigenvalue weighted by molar-refractivity contribution is 5.56. The van der Waals surface area contributed by atoms with Gasteiger partial charge < -0.3 is 4.90 Å². The fourth-order valence-corrected chi connectivity index (χ4v) is 4.44. The van der Waals surface area contributed by atoms with E-state index in [9.17, 15) is 0 Å². The van der Waals surface area contributed by atoms with Gasteiger partial charge in [0, 0.05) is 48.6 Å². The van der Waals surface area contributed by atoms with Crippen molar-refractivity contribution in [1.29, 1.82) is 0 Å². The standard InChI is InChI=1S/C22H24N6/c1-3-14-11-21(27-22(25-14)17-7-5-6-10-23-17)28-15-8-9-19(28)16-13-24-20(4-2)26-18(16)12-15/h5-7,10-11,13,15,19H,3-4,8-9,12H2,1-2H3. The molecule has 28 heavy (non-hydrogen) atoms. The van der Waals surface area contributed by atoms with Crippen LogP contribution < -0.4 is 4.90 Å². The summed E-state index contributed by atoms with van der Waals surface area (Å²) in [5.41, 5.74) is 4.36. The molecule has 2 aliphatic rings. The number of fused-ring (bicyclic) bond motifs is 4. The van der Waals surface area contributed by atoms with E-state index in [1.54, 1.807) is 6.20 Å². The molecule has 0 saturated carbocycles. The summed E-state index contributed by atoms with van der Waals surface area (Å²) in [5, 5.41) is 0. The molecular formula is C22H24N6. The molecule has 2 aliphatic heterocycles. The highest BCUT2D eigenvalue weighted by Gasteiger charge is 2.41. The number of pyridine rings is 1. The summed E-state index contributed by atoms with van der Waals surface area (Å²) in [7, 11) is 0. The predicted octanol–water partition coefficient (Wildman–Crippen LogP) is 3.72. The van der Waals surface area contributed by atoms with E-state index in [0.29, 0.717) is 17.9 Å². The highest BCUT2D eigenvalue weighted by Crippen LogP contribution is 2.45. The Labute approximate surface area is 165 Å². The minimum absolute atomic E-state index is 0.302. The summed E-state index contributed by atoms with van der Waals surface area (Å²) in [6, 6.07) is 8.75. The first-order valence-corrected chi connectivity index (χ1v) is 10.2. The van der Waals surface area contributed by atoms with E-state index >= 15 is 0 Å². The van der Waals surface area contributed by atoms with Gasteiger partial charge in [0.15, 0.2) is 5.82 Å². The van der Waals surface area contributed by atoms with Crippen molar-refractivity contribution in [1.82, 2.24) is 24.9 Å². The molecule has 5 rings (SSSR count). The van der Waals surface area contributed by atoms with Gasteiger partial charge in [0.1, 0.15) is 17.3 Å². The average molecular weight is 372 g/mol. The summed E-state index contributed by atoms with van der Waals surface area (Å²) in [4.78, 5) is 26.0. The molecule has 142 valence electrons. The number of nitrogens with zero attached hydrogens (tertiary/aromatic N) is 6. The molecule has 5 heterocycles. The molecule has 0 radical (unpaired) electrons. The number of anilines is 1. The van der Waals surface area contributed by atoms with Crippen LogP contribution in [0.2, 0.25) is 0 Å². The van der Waals surface area contributed by atoms with Gasteiger partial charge in [-0.05, 0) is 31.4 Å². The lowest BCUT2D eigenvalue weighted by atomic mass is 9.99. The third kappa shape index (κ3) is 2.84. The molecule has 0 N–H and O–H groups in total. The lowest BCUT2D eigenvalue weighted by Gasteiger charge is -2.36. The topological polar surface area (TPSA) is 67.7 Å². The Bertz CT molecular complexity index is 1000. The van der Waals surface area contributed by atoms with Crippen LogP contribution >= 0.6 is 0 Å². The Morgan fingerprint density at radius 1 is 1.04 bits per heavy atom. The van der Waals surface area contributed by atoms with Gasteiger partial charge in [0.05, 0.1) is 11.7 Å². The average Bonchev–Trinajstić information content (AvgIpc) is 3.08. The SMILES string of the molecule is CCc1cc(N2C3CCC2c2cnc(CC)nc2C3)nc(-c2ccccn2)n1. The first-order chi connectivity index (χ1) is 13.8. The van der Waals surface area contributed by atoms with Crippen LogP contribution in [-0.2, 0) is 19.3 Å². The molecule has 1 saturated heterocycles. The Hall–Kier alpha value is -2.89. The van der Waals surface area contributed by atoms with Crippen molar-refractivity contribution in [2.24, 2.45) is 0 Å². The zero-order valence-electron chi connectivity index (χ0n) is 16.3. The molecule has 3 aromatic heterocycles. The van der Waals surface area contributed by atoms with Crippen LogP contribution in [0.1, 0.15) is 55.5 Å². The van der Waals surface area contributed by atoms with E-state index in [4.69, 9.17) is 15.0 Å². The van der Waals surface area contributed by atoms with Crippen molar-refractivity contribution in [3.8, 4) is 11.5 Å². The van der Waals surface area contributed by atoms with Crippen LogP contribution in [0.15, 0.2) is 36.7 Å². The molecule has 6 nitrogen and oxygen atoms in total. The first-order valence-electron chi connectivity index (χ1n) is 10.2. The molecule has 2 unspecified atom stereocenters. The van der Waals surface area contributed by atoms with Crippen LogP contribution in [0.25, 0.3) is 11.5 Å². The van der Waals surface area contributed by atoms with Gasteiger partial charge >= 0.3 is 0 Å². The summed E-state index contributed by atoms with van der Waals surface area (Å²) in [6.07, 6.45) is 8.83. The largest absolute Gasteiger partial charge is 0.346 e. The lowest BCUT2D eigenvalue weighted by Crippen LogP contribution is -2.39. The molecule has 3 aromatic rings. The van der Waals surface area contributed by atoms with Crippen molar-refractivity contribution in [3.05, 3.63) is 59.4 Å². The van der Waals surface area contributed by atoms with Gasteiger partial charge in [-0.15, -0.1) is 0 Å². The van der Waals surface area contributed by atoms with Crippen LogP contribution in [0, 0.1) is 0 Å². The lowest BCUT2D eigenvalue weighted by molar-refractivity contribution is 0.573. The zero-order valence-corrected chi connectivity index (χ0v) is 16.3. The molecule has 0 amide bonds. The third-order valence-corrected chi connectivity index (χ3v) is 5.84. The van der Waals surface area contributed by atoms with Gasteiger partial charge in [0.2, 0.25) is 0 Å². The summed E-state index contributed by atoms with van der Waals surface area (Å²) in [5.74, 6) is 2.65. The van der Waals surface area contributed by atoms with Crippen molar-refractivity contribution >= 4 is 5.82 Å². The fraction of sp³-hybridized carbons (Fsp3) is 0.409. The maximum absolute atomic E-state index is 4.93. The molecular weight excluding hydrogens is 348 g/mol. The molecule has 2 bridgehead atoms. The number of aryl methyl sites for hydroxylation is 2. The van der Waals surface area contributed by atoms with Crippen molar-refractivity contribution in [2.45, 2.75) is 58.0 Å². The van der Waals surface area contributed by atoms with Crippen molar-refractivity contribution < 1.29 is 0 Å². The first kappa shape index (κ1) is 17.2. The van der Waals surface area contributed by atoms with Gasteiger partial charge in [-0.2, -0.15) is 0 Å². The third-order valence-electron chi connectivity index (χ3n) is 5.84. The van der Waals surface area contributed by atoms with Crippen LogP contribution in [-0.4, -0.2) is 31.0 Å². The van der Waals surface area contributed by atoms with E-state index in [-0.39, 0.29) is 0 Å². The van der Waals surface area contributed by atoms with Gasteiger partial charge in [-0.25, -0.2) is 19.9 Å². The van der Waals surface area contributed by atoms with Crippen LogP contribution in [0.4, 0.5) is 5.82 Å². The Morgan fingerprint density at radius 2 is 1.96 bits per heavy atom. The quantitative estimate of drug-likeness (QED) is 0.695. The highest BCUT2D eigenvalue weighted by atomic mass is 15.3. The monoisotopic (exact) mass is 372 g/mol. The summed E-state index contributed by atoms with van der Waals surface area (Å²) in [6.45, 7) is 4.24. The summed E-state index contributed by atoms with van der Waals surface area (Å²) < 4.78 is 0. The summed E-state index contributed by atoms with van der Waals surface area (Å²) >= 11 is 0. The van der Waals surface area contributed by atoms with E-state index in [2.05, 4.69) is 34.8 Å². The van der Waals surface area contributed by atoms with Crippen molar-refractivity contribution in [2.75, 3.05) is 4.90 Å². The van der Waals surface area contributed by atoms with Gasteiger partial charge in [-0.1, -0.05) is 19.9 Å². The minimum Gasteiger partial charge on any atom is -0.346 e. The van der Waals surface area contributed by atoms with Gasteiger partial charge in [-0.3, -0.25) is 4.98 Å². The number of aromatic nitrogens is 5. The maximum Gasteiger partial charge on any atom is 0.180 e. The number of rotatable bonds is 4. The Morgan fingerprint density at radius 3 is 2.75 bits per heavy atom. The van der Waals surface area contributed by atoms with Crippen LogP contribution in [0.5, 0.6) is 0 Å². The zero-order chi connectivity index (χ0) is 19.1. The second kappa shape index (κ2) is 6.93. The second-order valence-electron chi connectivity index (χ2n) is 7.51. The smallest absolute Gasteiger partial charge is 0.180 e. The normalized spacial score (nSPS) is 20.3. The molecule has 0 aromatic carbocycles. The number of hydrogen-bond acceptors (Lipinski definition) is 6. The molecule has 0 spiro atoms. The Kier molecular flexibility index (Phi) is 4.26. The Balaban J connectivity index is 1.58. The molecule has 0 aliphatic carbocycles.